The fourth-order valence-electron chi connectivity index (χ4n) is 2.99. The zero-order valence-corrected chi connectivity index (χ0v) is 15.5. The zero-order valence-electron chi connectivity index (χ0n) is 14.7. The molecule has 0 aliphatic heterocycles. The van der Waals surface area contributed by atoms with E-state index >= 15 is 0 Å². The molecule has 3 aromatic carbocycles. The standard InChI is InChI=1S/C20H17NO5S/c1-24-14-8-10-18(25-2)20(12-14)27(22,23)21-13-7-9-16-15-5-3-4-6-17(15)26-19(16)11-13/h3-12,21H,1-2H3. The fraction of sp³-hybridized carbons (Fsp3) is 0.100. The average Bonchev–Trinajstić information content (AvgIpc) is 3.04. The summed E-state index contributed by atoms with van der Waals surface area (Å²) >= 11 is 0. The monoisotopic (exact) mass is 383 g/mol. The summed E-state index contributed by atoms with van der Waals surface area (Å²) < 4.78 is 44.5. The molecule has 0 aliphatic rings. The molecule has 0 aliphatic carbocycles. The first-order chi connectivity index (χ1) is 13.0. The number of anilines is 1. The van der Waals surface area contributed by atoms with Crippen molar-refractivity contribution in [1.29, 1.82) is 0 Å². The summed E-state index contributed by atoms with van der Waals surface area (Å²) in [5.41, 5.74) is 1.75. The van der Waals surface area contributed by atoms with Gasteiger partial charge in [-0.05, 0) is 30.3 Å². The summed E-state index contributed by atoms with van der Waals surface area (Å²) in [5.74, 6) is 0.650. The normalized spacial score (nSPS) is 11.6. The Morgan fingerprint density at radius 1 is 0.852 bits per heavy atom. The van der Waals surface area contributed by atoms with Gasteiger partial charge in [0, 0.05) is 22.9 Å². The van der Waals surface area contributed by atoms with Crippen molar-refractivity contribution >= 4 is 37.6 Å². The lowest BCUT2D eigenvalue weighted by atomic mass is 10.1. The third-order valence-corrected chi connectivity index (χ3v) is 5.69. The number of hydrogen-bond donors (Lipinski definition) is 1. The molecule has 0 amide bonds. The predicted molar refractivity (Wildman–Crippen MR) is 104 cm³/mol. The third-order valence-electron chi connectivity index (χ3n) is 4.29. The van der Waals surface area contributed by atoms with Crippen LogP contribution < -0.4 is 14.2 Å². The minimum absolute atomic E-state index is 0.00551. The molecule has 4 rings (SSSR count). The molecule has 1 aromatic heterocycles. The van der Waals surface area contributed by atoms with Gasteiger partial charge in [0.25, 0.3) is 10.0 Å². The van der Waals surface area contributed by atoms with Crippen molar-refractivity contribution in [2.24, 2.45) is 0 Å². The van der Waals surface area contributed by atoms with Gasteiger partial charge in [-0.25, -0.2) is 8.42 Å². The van der Waals surface area contributed by atoms with E-state index < -0.39 is 10.0 Å². The zero-order chi connectivity index (χ0) is 19.0. The lowest BCUT2D eigenvalue weighted by molar-refractivity contribution is 0.392. The average molecular weight is 383 g/mol. The second-order valence-electron chi connectivity index (χ2n) is 5.93. The molecule has 7 heteroatoms. The van der Waals surface area contributed by atoms with Gasteiger partial charge in [0.15, 0.2) is 0 Å². The van der Waals surface area contributed by atoms with Crippen molar-refractivity contribution < 1.29 is 22.3 Å². The van der Waals surface area contributed by atoms with Gasteiger partial charge in [0.2, 0.25) is 0 Å². The van der Waals surface area contributed by atoms with Gasteiger partial charge in [-0.15, -0.1) is 0 Å². The number of sulfonamides is 1. The molecule has 138 valence electrons. The number of methoxy groups -OCH3 is 2. The van der Waals surface area contributed by atoms with E-state index in [-0.39, 0.29) is 10.6 Å². The summed E-state index contributed by atoms with van der Waals surface area (Å²) in [5, 5.41) is 1.91. The van der Waals surface area contributed by atoms with Crippen LogP contribution in [0.5, 0.6) is 11.5 Å². The Balaban J connectivity index is 1.75. The number of ether oxygens (including phenoxy) is 2. The van der Waals surface area contributed by atoms with E-state index in [1.807, 2.05) is 30.3 Å². The van der Waals surface area contributed by atoms with Crippen molar-refractivity contribution in [1.82, 2.24) is 0 Å². The highest BCUT2D eigenvalue weighted by Gasteiger charge is 2.21. The van der Waals surface area contributed by atoms with E-state index in [4.69, 9.17) is 13.9 Å². The maximum Gasteiger partial charge on any atom is 0.265 e. The maximum atomic E-state index is 12.9. The van der Waals surface area contributed by atoms with Gasteiger partial charge >= 0.3 is 0 Å². The van der Waals surface area contributed by atoms with Crippen molar-refractivity contribution in [3.05, 3.63) is 60.7 Å². The van der Waals surface area contributed by atoms with E-state index in [0.29, 0.717) is 17.0 Å². The second-order valence-corrected chi connectivity index (χ2v) is 7.58. The Hall–Kier alpha value is -3.19. The molecule has 0 atom stereocenters. The summed E-state index contributed by atoms with van der Waals surface area (Å²) in [7, 11) is -0.993. The Morgan fingerprint density at radius 2 is 1.63 bits per heavy atom. The van der Waals surface area contributed by atoms with Crippen molar-refractivity contribution in [3.8, 4) is 11.5 Å². The Morgan fingerprint density at radius 3 is 2.41 bits per heavy atom. The topological polar surface area (TPSA) is 77.8 Å². The first-order valence-corrected chi connectivity index (χ1v) is 9.66. The lowest BCUT2D eigenvalue weighted by Crippen LogP contribution is -2.14. The summed E-state index contributed by atoms with van der Waals surface area (Å²) in [6.45, 7) is 0. The van der Waals surface area contributed by atoms with Crippen LogP contribution in [-0.4, -0.2) is 22.6 Å². The fourth-order valence-corrected chi connectivity index (χ4v) is 4.23. The van der Waals surface area contributed by atoms with Crippen LogP contribution in [0.1, 0.15) is 0 Å². The van der Waals surface area contributed by atoms with Crippen molar-refractivity contribution in [2.75, 3.05) is 18.9 Å². The van der Waals surface area contributed by atoms with Crippen molar-refractivity contribution in [3.63, 3.8) is 0 Å². The van der Waals surface area contributed by atoms with Crippen LogP contribution in [-0.2, 0) is 10.0 Å². The molecule has 0 saturated carbocycles. The maximum absolute atomic E-state index is 12.9. The first kappa shape index (κ1) is 17.2. The second kappa shape index (κ2) is 6.51. The highest BCUT2D eigenvalue weighted by atomic mass is 32.2. The van der Waals surface area contributed by atoms with Crippen LogP contribution >= 0.6 is 0 Å². The number of fused-ring (bicyclic) bond motifs is 3. The third kappa shape index (κ3) is 3.06. The molecule has 27 heavy (non-hydrogen) atoms. The molecular weight excluding hydrogens is 366 g/mol. The predicted octanol–water partition coefficient (Wildman–Crippen LogP) is 4.40. The number of hydrogen-bond acceptors (Lipinski definition) is 5. The molecule has 0 spiro atoms. The molecule has 0 fully saturated rings. The number of furan rings is 1. The molecular formula is C20H17NO5S. The highest BCUT2D eigenvalue weighted by molar-refractivity contribution is 7.92. The minimum atomic E-state index is -3.88. The van der Waals surface area contributed by atoms with E-state index in [0.717, 1.165) is 16.4 Å². The lowest BCUT2D eigenvalue weighted by Gasteiger charge is -2.12. The van der Waals surface area contributed by atoms with Crippen LogP contribution in [0.4, 0.5) is 5.69 Å². The van der Waals surface area contributed by atoms with Gasteiger partial charge < -0.3 is 13.9 Å². The molecule has 6 nitrogen and oxygen atoms in total. The number of para-hydroxylation sites is 1. The molecule has 4 aromatic rings. The van der Waals surface area contributed by atoms with E-state index in [9.17, 15) is 8.42 Å². The van der Waals surface area contributed by atoms with Gasteiger partial charge in [-0.3, -0.25) is 4.72 Å². The van der Waals surface area contributed by atoms with E-state index in [2.05, 4.69) is 4.72 Å². The molecule has 0 radical (unpaired) electrons. The van der Waals surface area contributed by atoms with Gasteiger partial charge in [0.05, 0.1) is 19.9 Å². The van der Waals surface area contributed by atoms with E-state index in [1.54, 1.807) is 24.3 Å². The molecule has 0 saturated heterocycles. The Labute approximate surface area is 156 Å². The number of rotatable bonds is 5. The SMILES string of the molecule is COc1ccc(OC)c(S(=O)(=O)Nc2ccc3c(c2)oc2ccccc23)c1. The van der Waals surface area contributed by atoms with Gasteiger partial charge in [0.1, 0.15) is 27.6 Å². The van der Waals surface area contributed by atoms with Gasteiger partial charge in [-0.1, -0.05) is 18.2 Å². The molecule has 1 heterocycles. The molecule has 0 unspecified atom stereocenters. The van der Waals surface area contributed by atoms with Crippen LogP contribution in [0.2, 0.25) is 0 Å². The summed E-state index contributed by atoms with van der Waals surface area (Å²) in [6.07, 6.45) is 0. The van der Waals surface area contributed by atoms with Crippen LogP contribution in [0.3, 0.4) is 0 Å². The Kier molecular flexibility index (Phi) is 4.16. The number of benzene rings is 3. The molecule has 1 N–H and O–H groups in total. The van der Waals surface area contributed by atoms with E-state index in [1.165, 1.54) is 20.3 Å². The van der Waals surface area contributed by atoms with Crippen LogP contribution in [0.15, 0.2) is 70.0 Å². The smallest absolute Gasteiger partial charge is 0.265 e. The summed E-state index contributed by atoms with van der Waals surface area (Å²) in [4.78, 5) is -0.00551. The van der Waals surface area contributed by atoms with Crippen LogP contribution in [0.25, 0.3) is 21.9 Å². The quantitative estimate of drug-likeness (QED) is 0.552. The molecule has 0 bridgehead atoms. The number of nitrogens with one attached hydrogen (secondary N) is 1. The minimum Gasteiger partial charge on any atom is -0.497 e. The largest absolute Gasteiger partial charge is 0.497 e. The van der Waals surface area contributed by atoms with Crippen molar-refractivity contribution in [2.45, 2.75) is 4.90 Å². The first-order valence-electron chi connectivity index (χ1n) is 8.18. The van der Waals surface area contributed by atoms with Crippen LogP contribution in [0, 0.1) is 0 Å². The Bertz CT molecular complexity index is 1240. The summed E-state index contributed by atoms with van der Waals surface area (Å²) in [6, 6.07) is 17.5. The highest BCUT2D eigenvalue weighted by Crippen LogP contribution is 2.33. The van der Waals surface area contributed by atoms with Gasteiger partial charge in [-0.2, -0.15) is 0 Å².